The fourth-order valence-electron chi connectivity index (χ4n) is 2.09. The van der Waals surface area contributed by atoms with Crippen molar-refractivity contribution in [3.05, 3.63) is 53.7 Å². The summed E-state index contributed by atoms with van der Waals surface area (Å²) in [5.41, 5.74) is 1.39. The van der Waals surface area contributed by atoms with Crippen LogP contribution in [0, 0.1) is 0 Å². The maximum absolute atomic E-state index is 12.3. The number of nitrogens with one attached hydrogen (secondary N) is 2. The number of pyridine rings is 1. The molecule has 0 spiro atoms. The molecule has 0 saturated carbocycles. The number of nitrogens with zero attached hydrogens (tertiary/aromatic N) is 1. The summed E-state index contributed by atoms with van der Waals surface area (Å²) in [6, 6.07) is 10.0. The third-order valence-electron chi connectivity index (χ3n) is 3.18. The quantitative estimate of drug-likeness (QED) is 0.810. The predicted octanol–water partition coefficient (Wildman–Crippen LogP) is 3.72. The lowest BCUT2D eigenvalue weighted by atomic mass is 10.1. The lowest BCUT2D eigenvalue weighted by molar-refractivity contribution is 0.0526. The third-order valence-corrected chi connectivity index (χ3v) is 3.18. The van der Waals surface area contributed by atoms with E-state index in [2.05, 4.69) is 15.6 Å². The topological polar surface area (TPSA) is 80.3 Å². The zero-order valence-corrected chi connectivity index (χ0v) is 14.9. The van der Waals surface area contributed by atoms with Crippen LogP contribution in [0.4, 0.5) is 11.5 Å². The van der Waals surface area contributed by atoms with E-state index in [-0.39, 0.29) is 17.4 Å². The molecule has 0 radical (unpaired) electrons. The van der Waals surface area contributed by atoms with Gasteiger partial charge >= 0.3 is 5.97 Å². The number of ether oxygens (including phenoxy) is 1. The molecule has 1 aromatic carbocycles. The van der Waals surface area contributed by atoms with Crippen LogP contribution < -0.4 is 10.6 Å². The first-order chi connectivity index (χ1) is 11.8. The second kappa shape index (κ2) is 7.79. The Morgan fingerprint density at radius 3 is 2.20 bits per heavy atom. The average Bonchev–Trinajstić information content (AvgIpc) is 2.55. The maximum atomic E-state index is 12.3. The largest absolute Gasteiger partial charge is 0.462 e. The summed E-state index contributed by atoms with van der Waals surface area (Å²) in [4.78, 5) is 28.1. The van der Waals surface area contributed by atoms with Crippen molar-refractivity contribution < 1.29 is 14.3 Å². The molecule has 25 heavy (non-hydrogen) atoms. The van der Waals surface area contributed by atoms with Crippen molar-refractivity contribution >= 4 is 23.4 Å². The maximum Gasteiger partial charge on any atom is 0.338 e. The van der Waals surface area contributed by atoms with Gasteiger partial charge in [-0.3, -0.25) is 4.79 Å². The smallest absolute Gasteiger partial charge is 0.338 e. The van der Waals surface area contributed by atoms with Gasteiger partial charge in [-0.15, -0.1) is 0 Å². The van der Waals surface area contributed by atoms with E-state index in [4.69, 9.17) is 4.74 Å². The number of carbonyl (C=O) groups excluding carboxylic acids is 2. The Bertz CT molecular complexity index is 732. The number of esters is 1. The first-order valence-corrected chi connectivity index (χ1v) is 8.11. The lowest BCUT2D eigenvalue weighted by Gasteiger charge is -2.21. The molecular weight excluding hydrogens is 318 g/mol. The van der Waals surface area contributed by atoms with Gasteiger partial charge in [0.1, 0.15) is 5.82 Å². The molecule has 0 bridgehead atoms. The fraction of sp³-hybridized carbons (Fsp3) is 0.316. The molecule has 2 rings (SSSR count). The zero-order chi connectivity index (χ0) is 18.4. The molecule has 0 aliphatic carbocycles. The van der Waals surface area contributed by atoms with Gasteiger partial charge in [0.2, 0.25) is 0 Å². The Morgan fingerprint density at radius 2 is 1.68 bits per heavy atom. The van der Waals surface area contributed by atoms with Crippen LogP contribution in [-0.4, -0.2) is 29.0 Å². The molecule has 1 aromatic heterocycles. The second-order valence-electron chi connectivity index (χ2n) is 6.56. The molecule has 0 aliphatic heterocycles. The number of aromatic nitrogens is 1. The van der Waals surface area contributed by atoms with E-state index in [9.17, 15) is 9.59 Å². The third kappa shape index (κ3) is 5.60. The van der Waals surface area contributed by atoms with Crippen molar-refractivity contribution in [2.75, 3.05) is 17.2 Å². The zero-order valence-electron chi connectivity index (χ0n) is 14.9. The molecule has 0 fully saturated rings. The Balaban J connectivity index is 2.00. The van der Waals surface area contributed by atoms with Crippen molar-refractivity contribution in [1.82, 2.24) is 4.98 Å². The molecular formula is C19H23N3O3. The number of hydrogen-bond donors (Lipinski definition) is 2. The van der Waals surface area contributed by atoms with Gasteiger partial charge in [-0.05, 0) is 64.1 Å². The van der Waals surface area contributed by atoms with Gasteiger partial charge in [-0.2, -0.15) is 0 Å². The molecule has 6 nitrogen and oxygen atoms in total. The van der Waals surface area contributed by atoms with Gasteiger partial charge in [-0.25, -0.2) is 9.78 Å². The van der Waals surface area contributed by atoms with Crippen LogP contribution in [0.2, 0.25) is 0 Å². The number of anilines is 2. The highest BCUT2D eigenvalue weighted by Crippen LogP contribution is 2.15. The highest BCUT2D eigenvalue weighted by Gasteiger charge is 2.12. The molecule has 2 aromatic rings. The van der Waals surface area contributed by atoms with Crippen LogP contribution in [0.25, 0.3) is 0 Å². The number of amides is 1. The normalized spacial score (nSPS) is 10.9. The summed E-state index contributed by atoms with van der Waals surface area (Å²) in [5.74, 6) is 0.0630. The molecule has 1 heterocycles. The van der Waals surface area contributed by atoms with E-state index < -0.39 is 0 Å². The molecule has 2 N–H and O–H groups in total. The summed E-state index contributed by atoms with van der Waals surface area (Å²) < 4.78 is 4.92. The Hall–Kier alpha value is -2.89. The SMILES string of the molecule is CCOC(=O)c1ccc(NC(=O)c2ccc(NC(C)(C)C)nc2)cc1. The van der Waals surface area contributed by atoms with Crippen LogP contribution in [0.1, 0.15) is 48.4 Å². The minimum absolute atomic E-state index is 0.0998. The van der Waals surface area contributed by atoms with E-state index >= 15 is 0 Å². The van der Waals surface area contributed by atoms with E-state index in [1.165, 1.54) is 6.20 Å². The molecule has 6 heteroatoms. The minimum atomic E-state index is -0.383. The number of benzene rings is 1. The van der Waals surface area contributed by atoms with Gasteiger partial charge in [0.15, 0.2) is 0 Å². The van der Waals surface area contributed by atoms with Crippen LogP contribution in [0.5, 0.6) is 0 Å². The standard InChI is InChI=1S/C19H23N3O3/c1-5-25-18(24)13-6-9-15(10-7-13)21-17(23)14-8-11-16(20-12-14)22-19(2,3)4/h6-12H,5H2,1-4H3,(H,20,22)(H,21,23). The Kier molecular flexibility index (Phi) is 5.75. The molecule has 0 atom stereocenters. The number of hydrogen-bond acceptors (Lipinski definition) is 5. The molecule has 0 unspecified atom stereocenters. The van der Waals surface area contributed by atoms with Gasteiger partial charge < -0.3 is 15.4 Å². The second-order valence-corrected chi connectivity index (χ2v) is 6.56. The van der Waals surface area contributed by atoms with Crippen LogP contribution in [0.3, 0.4) is 0 Å². The lowest BCUT2D eigenvalue weighted by Crippen LogP contribution is -2.26. The Morgan fingerprint density at radius 1 is 1.04 bits per heavy atom. The van der Waals surface area contributed by atoms with Crippen LogP contribution in [-0.2, 0) is 4.74 Å². The highest BCUT2D eigenvalue weighted by atomic mass is 16.5. The van der Waals surface area contributed by atoms with Crippen molar-refractivity contribution in [2.24, 2.45) is 0 Å². The van der Waals surface area contributed by atoms with E-state index in [1.54, 1.807) is 43.3 Å². The van der Waals surface area contributed by atoms with Gasteiger partial charge in [0.05, 0.1) is 17.7 Å². The van der Waals surface area contributed by atoms with Gasteiger partial charge in [-0.1, -0.05) is 0 Å². The predicted molar refractivity (Wildman–Crippen MR) is 98.0 cm³/mol. The van der Waals surface area contributed by atoms with Gasteiger partial charge in [0, 0.05) is 17.4 Å². The summed E-state index contributed by atoms with van der Waals surface area (Å²) in [6.07, 6.45) is 1.52. The van der Waals surface area contributed by atoms with Crippen molar-refractivity contribution in [3.8, 4) is 0 Å². The Labute approximate surface area is 147 Å². The van der Waals surface area contributed by atoms with Crippen molar-refractivity contribution in [1.29, 1.82) is 0 Å². The monoisotopic (exact) mass is 341 g/mol. The summed E-state index contributed by atoms with van der Waals surface area (Å²) in [5, 5.41) is 6.01. The van der Waals surface area contributed by atoms with Crippen LogP contribution in [0.15, 0.2) is 42.6 Å². The average molecular weight is 341 g/mol. The fourth-order valence-corrected chi connectivity index (χ4v) is 2.09. The van der Waals surface area contributed by atoms with Crippen molar-refractivity contribution in [2.45, 2.75) is 33.2 Å². The minimum Gasteiger partial charge on any atom is -0.462 e. The van der Waals surface area contributed by atoms with E-state index in [0.29, 0.717) is 29.2 Å². The summed E-state index contributed by atoms with van der Waals surface area (Å²) in [6.45, 7) is 8.19. The first-order valence-electron chi connectivity index (χ1n) is 8.11. The number of carbonyl (C=O) groups is 2. The summed E-state index contributed by atoms with van der Waals surface area (Å²) in [7, 11) is 0. The van der Waals surface area contributed by atoms with Crippen LogP contribution >= 0.6 is 0 Å². The summed E-state index contributed by atoms with van der Waals surface area (Å²) >= 11 is 0. The number of rotatable bonds is 5. The van der Waals surface area contributed by atoms with E-state index in [0.717, 1.165) is 0 Å². The first kappa shape index (κ1) is 18.4. The van der Waals surface area contributed by atoms with E-state index in [1.807, 2.05) is 20.8 Å². The van der Waals surface area contributed by atoms with Crippen molar-refractivity contribution in [3.63, 3.8) is 0 Å². The molecule has 1 amide bonds. The van der Waals surface area contributed by atoms with Gasteiger partial charge in [0.25, 0.3) is 5.91 Å². The highest BCUT2D eigenvalue weighted by molar-refractivity contribution is 6.04. The molecule has 0 saturated heterocycles. The molecule has 0 aliphatic rings. The molecule has 132 valence electrons.